The molecule has 0 radical (unpaired) electrons. The third kappa shape index (κ3) is 2.36. The monoisotopic (exact) mass is 205 g/mol. The molecule has 2 aliphatic rings. The summed E-state index contributed by atoms with van der Waals surface area (Å²) in [6.07, 6.45) is 4.90. The molecule has 2 saturated heterocycles. The van der Waals surface area contributed by atoms with Gasteiger partial charge in [0.2, 0.25) is 0 Å². The first-order chi connectivity index (χ1) is 5.62. The average Bonchev–Trinajstić information content (AvgIpc) is 2.29. The summed E-state index contributed by atoms with van der Waals surface area (Å²) in [5.41, 5.74) is 0.381. The zero-order valence-electron chi connectivity index (χ0n) is 8.56. The lowest BCUT2D eigenvalue weighted by atomic mass is 9.89. The normalized spacial score (nSPS) is 30.0. The van der Waals surface area contributed by atoms with Gasteiger partial charge in [-0.2, -0.15) is 0 Å². The standard InChI is InChI=1S/C10H19NO.ClH/c1-9(2)3-4-10(12-9)5-7-11-8-6-10;/h11H,3-8H2,1-2H3;1H. The fraction of sp³-hybridized carbons (Fsp3) is 1.00. The summed E-state index contributed by atoms with van der Waals surface area (Å²) in [5, 5.41) is 3.38. The third-order valence-electron chi connectivity index (χ3n) is 3.19. The predicted molar refractivity (Wildman–Crippen MR) is 56.5 cm³/mol. The Hall–Kier alpha value is 0.210. The number of hydrogen-bond donors (Lipinski definition) is 1. The average molecular weight is 206 g/mol. The highest BCUT2D eigenvalue weighted by atomic mass is 35.5. The molecule has 2 fully saturated rings. The maximum Gasteiger partial charge on any atom is 0.0715 e. The summed E-state index contributed by atoms with van der Waals surface area (Å²) in [6.45, 7) is 6.69. The van der Waals surface area contributed by atoms with E-state index in [1.54, 1.807) is 0 Å². The van der Waals surface area contributed by atoms with Gasteiger partial charge in [0.1, 0.15) is 0 Å². The van der Waals surface area contributed by atoms with Crippen molar-refractivity contribution in [1.29, 1.82) is 0 Å². The lowest BCUT2D eigenvalue weighted by Gasteiger charge is -2.35. The number of piperidine rings is 1. The molecular weight excluding hydrogens is 186 g/mol. The number of halogens is 1. The van der Waals surface area contributed by atoms with Crippen molar-refractivity contribution in [2.24, 2.45) is 0 Å². The summed E-state index contributed by atoms with van der Waals surface area (Å²) < 4.78 is 6.14. The zero-order chi connectivity index (χ0) is 8.66. The molecule has 2 rings (SSSR count). The summed E-state index contributed by atoms with van der Waals surface area (Å²) >= 11 is 0. The Labute approximate surface area is 86.8 Å². The van der Waals surface area contributed by atoms with E-state index in [9.17, 15) is 0 Å². The molecule has 3 heteroatoms. The summed E-state index contributed by atoms with van der Waals surface area (Å²) in [4.78, 5) is 0. The fourth-order valence-electron chi connectivity index (χ4n) is 2.45. The molecule has 0 aliphatic carbocycles. The van der Waals surface area contributed by atoms with Crippen molar-refractivity contribution in [3.05, 3.63) is 0 Å². The van der Waals surface area contributed by atoms with Crippen LogP contribution in [0.3, 0.4) is 0 Å². The van der Waals surface area contributed by atoms with Gasteiger partial charge in [0.05, 0.1) is 11.2 Å². The summed E-state index contributed by atoms with van der Waals surface area (Å²) in [7, 11) is 0. The molecule has 2 nitrogen and oxygen atoms in total. The summed E-state index contributed by atoms with van der Waals surface area (Å²) in [5.74, 6) is 0. The Morgan fingerprint density at radius 2 is 1.62 bits per heavy atom. The topological polar surface area (TPSA) is 21.3 Å². The molecular formula is C10H20ClNO. The molecule has 0 aromatic heterocycles. The molecule has 0 atom stereocenters. The van der Waals surface area contributed by atoms with Crippen LogP contribution in [0.25, 0.3) is 0 Å². The quantitative estimate of drug-likeness (QED) is 0.654. The summed E-state index contributed by atoms with van der Waals surface area (Å²) in [6, 6.07) is 0. The molecule has 1 spiro atoms. The van der Waals surface area contributed by atoms with E-state index in [4.69, 9.17) is 4.74 Å². The molecule has 0 bridgehead atoms. The van der Waals surface area contributed by atoms with Gasteiger partial charge in [-0.3, -0.25) is 0 Å². The molecule has 0 unspecified atom stereocenters. The van der Waals surface area contributed by atoms with E-state index in [1.807, 2.05) is 0 Å². The van der Waals surface area contributed by atoms with Crippen LogP contribution < -0.4 is 5.32 Å². The maximum absolute atomic E-state index is 6.14. The van der Waals surface area contributed by atoms with E-state index in [-0.39, 0.29) is 23.6 Å². The maximum atomic E-state index is 6.14. The van der Waals surface area contributed by atoms with E-state index in [1.165, 1.54) is 25.7 Å². The van der Waals surface area contributed by atoms with E-state index in [0.29, 0.717) is 0 Å². The highest BCUT2D eigenvalue weighted by Gasteiger charge is 2.44. The largest absolute Gasteiger partial charge is 0.369 e. The van der Waals surface area contributed by atoms with Crippen molar-refractivity contribution >= 4 is 12.4 Å². The molecule has 0 amide bonds. The first-order valence-corrected chi connectivity index (χ1v) is 5.03. The van der Waals surface area contributed by atoms with Crippen LogP contribution in [0.5, 0.6) is 0 Å². The van der Waals surface area contributed by atoms with Gasteiger partial charge < -0.3 is 10.1 Å². The predicted octanol–water partition coefficient (Wildman–Crippen LogP) is 2.12. The van der Waals surface area contributed by atoms with Crippen LogP contribution in [0.4, 0.5) is 0 Å². The Kier molecular flexibility index (Phi) is 3.26. The molecule has 13 heavy (non-hydrogen) atoms. The number of ether oxygens (including phenoxy) is 1. The van der Waals surface area contributed by atoms with Crippen molar-refractivity contribution in [3.8, 4) is 0 Å². The van der Waals surface area contributed by atoms with Crippen LogP contribution in [-0.2, 0) is 4.74 Å². The minimum atomic E-state index is 0. The fourth-order valence-corrected chi connectivity index (χ4v) is 2.45. The van der Waals surface area contributed by atoms with E-state index in [2.05, 4.69) is 19.2 Å². The first-order valence-electron chi connectivity index (χ1n) is 5.03. The second-order valence-electron chi connectivity index (χ2n) is 4.79. The first kappa shape index (κ1) is 11.3. The SMILES string of the molecule is CC1(C)CCC2(CCNCC2)O1.Cl. The van der Waals surface area contributed by atoms with Crippen LogP contribution in [0.15, 0.2) is 0 Å². The third-order valence-corrected chi connectivity index (χ3v) is 3.19. The van der Waals surface area contributed by atoms with Gasteiger partial charge in [-0.05, 0) is 52.6 Å². The Balaban J connectivity index is 0.000000845. The highest BCUT2D eigenvalue weighted by molar-refractivity contribution is 5.85. The molecule has 0 saturated carbocycles. The van der Waals surface area contributed by atoms with Gasteiger partial charge in [-0.25, -0.2) is 0 Å². The minimum absolute atomic E-state index is 0. The van der Waals surface area contributed by atoms with Crippen LogP contribution >= 0.6 is 12.4 Å². The lowest BCUT2D eigenvalue weighted by Crippen LogP contribution is -2.42. The second-order valence-corrected chi connectivity index (χ2v) is 4.79. The smallest absolute Gasteiger partial charge is 0.0715 e. The minimum Gasteiger partial charge on any atom is -0.369 e. The van der Waals surface area contributed by atoms with Gasteiger partial charge in [0.25, 0.3) is 0 Å². The molecule has 2 aliphatic heterocycles. The van der Waals surface area contributed by atoms with E-state index >= 15 is 0 Å². The molecule has 0 aromatic rings. The molecule has 0 aromatic carbocycles. The Morgan fingerprint density at radius 3 is 2.08 bits per heavy atom. The van der Waals surface area contributed by atoms with Gasteiger partial charge >= 0.3 is 0 Å². The van der Waals surface area contributed by atoms with Crippen LogP contribution in [0.1, 0.15) is 39.5 Å². The van der Waals surface area contributed by atoms with Crippen molar-refractivity contribution in [3.63, 3.8) is 0 Å². The second kappa shape index (κ2) is 3.76. The van der Waals surface area contributed by atoms with Crippen LogP contribution in [-0.4, -0.2) is 24.3 Å². The Morgan fingerprint density at radius 1 is 1.00 bits per heavy atom. The number of rotatable bonds is 0. The van der Waals surface area contributed by atoms with Crippen LogP contribution in [0.2, 0.25) is 0 Å². The zero-order valence-corrected chi connectivity index (χ0v) is 9.38. The van der Waals surface area contributed by atoms with Gasteiger partial charge in [-0.15, -0.1) is 12.4 Å². The number of hydrogen-bond acceptors (Lipinski definition) is 2. The van der Waals surface area contributed by atoms with Crippen molar-refractivity contribution < 1.29 is 4.74 Å². The van der Waals surface area contributed by atoms with E-state index < -0.39 is 0 Å². The van der Waals surface area contributed by atoms with Crippen molar-refractivity contribution in [1.82, 2.24) is 5.32 Å². The van der Waals surface area contributed by atoms with Gasteiger partial charge in [-0.1, -0.05) is 0 Å². The van der Waals surface area contributed by atoms with Crippen molar-refractivity contribution in [2.75, 3.05) is 13.1 Å². The highest BCUT2D eigenvalue weighted by Crippen LogP contribution is 2.42. The Bertz CT molecular complexity index is 176. The molecule has 2 heterocycles. The van der Waals surface area contributed by atoms with Crippen molar-refractivity contribution in [2.45, 2.75) is 50.7 Å². The molecule has 78 valence electrons. The molecule has 1 N–H and O–H groups in total. The van der Waals surface area contributed by atoms with E-state index in [0.717, 1.165) is 13.1 Å². The van der Waals surface area contributed by atoms with Gasteiger partial charge in [0, 0.05) is 0 Å². The number of nitrogens with one attached hydrogen (secondary N) is 1. The van der Waals surface area contributed by atoms with Gasteiger partial charge in [0.15, 0.2) is 0 Å². The lowest BCUT2D eigenvalue weighted by molar-refractivity contribution is -0.0992. The van der Waals surface area contributed by atoms with Crippen LogP contribution in [0, 0.1) is 0 Å².